The Bertz CT molecular complexity index is 833. The molecule has 0 aliphatic carbocycles. The van der Waals surface area contributed by atoms with Crippen LogP contribution < -0.4 is 23.8 Å². The summed E-state index contributed by atoms with van der Waals surface area (Å²) in [7, 11) is 1.58. The average Bonchev–Trinajstić information content (AvgIpc) is 2.77. The van der Waals surface area contributed by atoms with Gasteiger partial charge in [0, 0.05) is 37.9 Å². The fourth-order valence-corrected chi connectivity index (χ4v) is 3.41. The standard InChI is InChI=1S/C21H24N2O5/c1-25-17-4-2-3-5-18(17)28-15-21(24)23-10-8-22(9-11-23)16-6-7-19-20(14-16)27-13-12-26-19/h2-7,14H,8-13,15H2,1H3. The third kappa shape index (κ3) is 3.93. The van der Waals surface area contributed by atoms with Gasteiger partial charge in [-0.05, 0) is 24.3 Å². The number of benzene rings is 2. The summed E-state index contributed by atoms with van der Waals surface area (Å²) in [6, 6.07) is 13.3. The molecule has 0 atom stereocenters. The summed E-state index contributed by atoms with van der Waals surface area (Å²) in [4.78, 5) is 16.6. The highest BCUT2D eigenvalue weighted by atomic mass is 16.6. The van der Waals surface area contributed by atoms with Crippen molar-refractivity contribution < 1.29 is 23.7 Å². The van der Waals surface area contributed by atoms with Crippen LogP contribution in [-0.2, 0) is 4.79 Å². The van der Waals surface area contributed by atoms with Crippen molar-refractivity contribution in [2.75, 3.05) is 58.0 Å². The van der Waals surface area contributed by atoms with E-state index in [9.17, 15) is 4.79 Å². The van der Waals surface area contributed by atoms with Gasteiger partial charge in [-0.2, -0.15) is 0 Å². The molecule has 7 nitrogen and oxygen atoms in total. The summed E-state index contributed by atoms with van der Waals surface area (Å²) >= 11 is 0. The zero-order valence-corrected chi connectivity index (χ0v) is 15.9. The SMILES string of the molecule is COc1ccccc1OCC(=O)N1CCN(c2ccc3c(c2)OCCO3)CC1. The Morgan fingerprint density at radius 2 is 1.68 bits per heavy atom. The second-order valence-corrected chi connectivity index (χ2v) is 6.64. The van der Waals surface area contributed by atoms with Gasteiger partial charge in [-0.3, -0.25) is 4.79 Å². The van der Waals surface area contributed by atoms with E-state index in [-0.39, 0.29) is 12.5 Å². The molecule has 28 heavy (non-hydrogen) atoms. The van der Waals surface area contributed by atoms with Crippen LogP contribution >= 0.6 is 0 Å². The van der Waals surface area contributed by atoms with Crippen molar-refractivity contribution in [3.8, 4) is 23.0 Å². The van der Waals surface area contributed by atoms with Gasteiger partial charge in [0.25, 0.3) is 5.91 Å². The van der Waals surface area contributed by atoms with Crippen molar-refractivity contribution in [2.24, 2.45) is 0 Å². The number of ether oxygens (including phenoxy) is 4. The van der Waals surface area contributed by atoms with Gasteiger partial charge in [0.2, 0.25) is 0 Å². The Kier molecular flexibility index (Phi) is 5.41. The van der Waals surface area contributed by atoms with E-state index in [1.54, 1.807) is 13.2 Å². The Labute approximate surface area is 164 Å². The van der Waals surface area contributed by atoms with Gasteiger partial charge in [0.15, 0.2) is 29.6 Å². The van der Waals surface area contributed by atoms with Crippen LogP contribution in [0.5, 0.6) is 23.0 Å². The monoisotopic (exact) mass is 384 g/mol. The zero-order chi connectivity index (χ0) is 19.3. The fraction of sp³-hybridized carbons (Fsp3) is 0.381. The largest absolute Gasteiger partial charge is 0.493 e. The summed E-state index contributed by atoms with van der Waals surface area (Å²) in [6.45, 7) is 4.00. The lowest BCUT2D eigenvalue weighted by molar-refractivity contribution is -0.133. The van der Waals surface area contributed by atoms with E-state index in [1.807, 2.05) is 41.3 Å². The van der Waals surface area contributed by atoms with Crippen LogP contribution in [0.2, 0.25) is 0 Å². The number of fused-ring (bicyclic) bond motifs is 1. The first-order valence-electron chi connectivity index (χ1n) is 9.43. The number of hydrogen-bond acceptors (Lipinski definition) is 6. The quantitative estimate of drug-likeness (QED) is 0.788. The number of carbonyl (C=O) groups is 1. The molecule has 2 aliphatic rings. The molecule has 1 amide bonds. The van der Waals surface area contributed by atoms with Crippen molar-refractivity contribution >= 4 is 11.6 Å². The second-order valence-electron chi connectivity index (χ2n) is 6.64. The number of piperazine rings is 1. The third-order valence-corrected chi connectivity index (χ3v) is 4.94. The molecule has 4 rings (SSSR count). The molecule has 0 aromatic heterocycles. The summed E-state index contributed by atoms with van der Waals surface area (Å²) in [5.41, 5.74) is 1.08. The number of rotatable bonds is 5. The summed E-state index contributed by atoms with van der Waals surface area (Å²) in [5, 5.41) is 0. The number of amides is 1. The summed E-state index contributed by atoms with van der Waals surface area (Å²) in [5.74, 6) is 2.75. The molecule has 0 N–H and O–H groups in total. The van der Waals surface area contributed by atoms with E-state index < -0.39 is 0 Å². The van der Waals surface area contributed by atoms with E-state index in [2.05, 4.69) is 4.90 Å². The maximum atomic E-state index is 12.5. The first-order valence-corrected chi connectivity index (χ1v) is 9.43. The highest BCUT2D eigenvalue weighted by Crippen LogP contribution is 2.34. The molecule has 0 bridgehead atoms. The van der Waals surface area contributed by atoms with E-state index in [0.29, 0.717) is 37.8 Å². The van der Waals surface area contributed by atoms with Crippen LogP contribution in [-0.4, -0.2) is 63.9 Å². The molecule has 2 heterocycles. The van der Waals surface area contributed by atoms with Gasteiger partial charge in [0.1, 0.15) is 13.2 Å². The molecule has 2 aromatic rings. The third-order valence-electron chi connectivity index (χ3n) is 4.94. The summed E-state index contributed by atoms with van der Waals surface area (Å²) in [6.07, 6.45) is 0. The lowest BCUT2D eigenvalue weighted by atomic mass is 10.2. The van der Waals surface area contributed by atoms with Gasteiger partial charge in [0.05, 0.1) is 7.11 Å². The molecule has 0 spiro atoms. The van der Waals surface area contributed by atoms with Gasteiger partial charge in [-0.25, -0.2) is 0 Å². The predicted molar refractivity (Wildman–Crippen MR) is 105 cm³/mol. The Hall–Kier alpha value is -3.09. The number of methoxy groups -OCH3 is 1. The number of anilines is 1. The van der Waals surface area contributed by atoms with Crippen molar-refractivity contribution in [3.63, 3.8) is 0 Å². The highest BCUT2D eigenvalue weighted by Gasteiger charge is 2.23. The van der Waals surface area contributed by atoms with E-state index in [4.69, 9.17) is 18.9 Å². The second kappa shape index (κ2) is 8.29. The molecule has 0 saturated carbocycles. The van der Waals surface area contributed by atoms with Crippen LogP contribution in [0.3, 0.4) is 0 Å². The smallest absolute Gasteiger partial charge is 0.260 e. The Morgan fingerprint density at radius 3 is 2.43 bits per heavy atom. The maximum Gasteiger partial charge on any atom is 0.260 e. The molecule has 2 aromatic carbocycles. The minimum atomic E-state index is -0.0206. The molecule has 2 aliphatic heterocycles. The fourth-order valence-electron chi connectivity index (χ4n) is 3.41. The number of para-hydroxylation sites is 2. The van der Waals surface area contributed by atoms with E-state index in [1.165, 1.54) is 0 Å². The molecule has 0 unspecified atom stereocenters. The average molecular weight is 384 g/mol. The lowest BCUT2D eigenvalue weighted by Gasteiger charge is -2.36. The first-order chi connectivity index (χ1) is 13.7. The topological polar surface area (TPSA) is 60.5 Å². The van der Waals surface area contributed by atoms with Crippen molar-refractivity contribution in [2.45, 2.75) is 0 Å². The van der Waals surface area contributed by atoms with Crippen LogP contribution in [0.25, 0.3) is 0 Å². The predicted octanol–water partition coefficient (Wildman–Crippen LogP) is 2.19. The van der Waals surface area contributed by atoms with Gasteiger partial charge in [-0.15, -0.1) is 0 Å². The normalized spacial score (nSPS) is 15.9. The molecule has 7 heteroatoms. The Morgan fingerprint density at radius 1 is 0.964 bits per heavy atom. The molecular weight excluding hydrogens is 360 g/mol. The maximum absolute atomic E-state index is 12.5. The number of carbonyl (C=O) groups excluding carboxylic acids is 1. The molecule has 148 valence electrons. The van der Waals surface area contributed by atoms with Crippen LogP contribution in [0.1, 0.15) is 0 Å². The van der Waals surface area contributed by atoms with Crippen molar-refractivity contribution in [1.82, 2.24) is 4.90 Å². The van der Waals surface area contributed by atoms with Gasteiger partial charge < -0.3 is 28.7 Å². The van der Waals surface area contributed by atoms with Crippen molar-refractivity contribution in [3.05, 3.63) is 42.5 Å². The minimum absolute atomic E-state index is 0.00436. The first kappa shape index (κ1) is 18.3. The zero-order valence-electron chi connectivity index (χ0n) is 15.9. The van der Waals surface area contributed by atoms with E-state index >= 15 is 0 Å². The lowest BCUT2D eigenvalue weighted by Crippen LogP contribution is -2.50. The molecular formula is C21H24N2O5. The minimum Gasteiger partial charge on any atom is -0.493 e. The highest BCUT2D eigenvalue weighted by molar-refractivity contribution is 5.78. The molecule has 1 fully saturated rings. The Balaban J connectivity index is 1.30. The van der Waals surface area contributed by atoms with E-state index in [0.717, 1.165) is 30.3 Å². The van der Waals surface area contributed by atoms with Gasteiger partial charge >= 0.3 is 0 Å². The number of hydrogen-bond donors (Lipinski definition) is 0. The van der Waals surface area contributed by atoms with Crippen LogP contribution in [0.15, 0.2) is 42.5 Å². The van der Waals surface area contributed by atoms with Crippen LogP contribution in [0, 0.1) is 0 Å². The van der Waals surface area contributed by atoms with Gasteiger partial charge in [-0.1, -0.05) is 12.1 Å². The molecule has 0 radical (unpaired) electrons. The number of nitrogens with zero attached hydrogens (tertiary/aromatic N) is 2. The van der Waals surface area contributed by atoms with Crippen LogP contribution in [0.4, 0.5) is 5.69 Å². The summed E-state index contributed by atoms with van der Waals surface area (Å²) < 4.78 is 22.1. The van der Waals surface area contributed by atoms with Crippen molar-refractivity contribution in [1.29, 1.82) is 0 Å². The molecule has 1 saturated heterocycles.